The first-order valence-electron chi connectivity index (χ1n) is 16.9. The fourth-order valence-corrected chi connectivity index (χ4v) is 5.80. The third-order valence-corrected chi connectivity index (χ3v) is 8.56. The molecule has 0 heterocycles. The van der Waals surface area contributed by atoms with Gasteiger partial charge in [-0.05, 0) is 45.9 Å². The number of hydrogen-bond donors (Lipinski definition) is 0. The molecule has 6 aromatic carbocycles. The predicted molar refractivity (Wildman–Crippen MR) is 215 cm³/mol. The van der Waals surface area contributed by atoms with Gasteiger partial charge in [0.05, 0.1) is 0 Å². The number of halogens is 2. The van der Waals surface area contributed by atoms with Gasteiger partial charge in [-0.3, -0.25) is 0 Å². The van der Waals surface area contributed by atoms with E-state index in [2.05, 4.69) is 178 Å². The molecular formula is C44H52Cl2SiZr. The molecule has 0 nitrogen and oxygen atoms in total. The van der Waals surface area contributed by atoms with Crippen molar-refractivity contribution in [3.63, 3.8) is 0 Å². The van der Waals surface area contributed by atoms with Crippen molar-refractivity contribution in [3.05, 3.63) is 131 Å². The number of hydrogen-bond acceptors (Lipinski definition) is 0. The van der Waals surface area contributed by atoms with Gasteiger partial charge in [0.25, 0.3) is 0 Å². The van der Waals surface area contributed by atoms with E-state index in [1.54, 1.807) is 0 Å². The van der Waals surface area contributed by atoms with Gasteiger partial charge in [0, 0.05) is 9.52 Å². The normalized spacial score (nSPS) is 11.1. The van der Waals surface area contributed by atoms with Gasteiger partial charge in [-0.15, -0.1) is 69.1 Å². The second kappa shape index (κ2) is 18.7. The average molecular weight is 771 g/mol. The van der Waals surface area contributed by atoms with Crippen molar-refractivity contribution < 1.29 is 20.8 Å². The van der Waals surface area contributed by atoms with Gasteiger partial charge in [0.1, 0.15) is 0 Å². The van der Waals surface area contributed by atoms with Crippen molar-refractivity contribution in [3.8, 4) is 22.3 Å². The van der Waals surface area contributed by atoms with Crippen LogP contribution in [-0.2, 0) is 44.5 Å². The van der Waals surface area contributed by atoms with Crippen molar-refractivity contribution in [2.45, 2.75) is 92.2 Å². The Hall–Kier alpha value is -2.22. The second-order valence-electron chi connectivity index (χ2n) is 14.3. The van der Waals surface area contributed by atoms with E-state index in [0.29, 0.717) is 0 Å². The number of aryl methyl sites for hydroxylation is 2. The summed E-state index contributed by atoms with van der Waals surface area (Å²) in [5.74, 6) is 0. The van der Waals surface area contributed by atoms with Gasteiger partial charge in [0.15, 0.2) is 0 Å². The Kier molecular flexibility index (Phi) is 15.7. The molecule has 250 valence electrons. The van der Waals surface area contributed by atoms with E-state index in [1.807, 2.05) is 0 Å². The molecule has 6 aromatic rings. The molecule has 6 rings (SSSR count). The molecule has 0 aromatic heterocycles. The molecule has 0 aliphatic carbocycles. The van der Waals surface area contributed by atoms with Crippen molar-refractivity contribution in [2.75, 3.05) is 0 Å². The van der Waals surface area contributed by atoms with Crippen molar-refractivity contribution >= 4 is 48.1 Å². The van der Waals surface area contributed by atoms with Crippen LogP contribution in [0.1, 0.15) is 77.6 Å². The fourth-order valence-electron chi connectivity index (χ4n) is 5.80. The molecule has 0 unspecified atom stereocenters. The molecule has 0 saturated carbocycles. The van der Waals surface area contributed by atoms with Crippen LogP contribution in [0, 0.1) is 0 Å². The van der Waals surface area contributed by atoms with Gasteiger partial charge < -0.3 is 0 Å². The molecule has 0 atom stereocenters. The summed E-state index contributed by atoms with van der Waals surface area (Å²) in [5.41, 5.74) is 11.3. The van der Waals surface area contributed by atoms with Crippen LogP contribution in [0.5, 0.6) is 0 Å². The van der Waals surface area contributed by atoms with Gasteiger partial charge in [-0.25, -0.2) is 0 Å². The summed E-state index contributed by atoms with van der Waals surface area (Å²) < 4.78 is 0. The summed E-state index contributed by atoms with van der Waals surface area (Å²) in [5, 5.41) is 5.45. The zero-order chi connectivity index (χ0) is 35.5. The van der Waals surface area contributed by atoms with Crippen LogP contribution in [0.2, 0.25) is 13.1 Å². The Morgan fingerprint density at radius 1 is 0.562 bits per heavy atom. The molecular weight excluding hydrogens is 719 g/mol. The van der Waals surface area contributed by atoms with E-state index in [4.69, 9.17) is 17.0 Å². The first-order valence-corrected chi connectivity index (χ1v) is 25.3. The molecule has 0 spiro atoms. The summed E-state index contributed by atoms with van der Waals surface area (Å²) in [6.07, 6.45) is 2.19. The zero-order valence-electron chi connectivity index (χ0n) is 30.6. The zero-order valence-corrected chi connectivity index (χ0v) is 35.5. The van der Waals surface area contributed by atoms with E-state index in [1.165, 1.54) is 66.1 Å². The Morgan fingerprint density at radius 2 is 0.875 bits per heavy atom. The van der Waals surface area contributed by atoms with Crippen LogP contribution in [0.3, 0.4) is 0 Å². The Balaban J connectivity index is 0.000000224. The van der Waals surface area contributed by atoms with E-state index in [-0.39, 0.29) is 10.8 Å². The molecule has 0 bridgehead atoms. The second-order valence-corrected chi connectivity index (χ2v) is 19.0. The molecule has 0 aliphatic rings. The minimum atomic E-state index is -0.826. The third kappa shape index (κ3) is 10.9. The standard InChI is InChI=1S/2C21H23.C2H6Si.2ClH.Zr/c2*1-5-15-13-17-7-6-8-19(20(17)14-15)16-9-11-18(12-10-16)21(2,3)4;1-3-2;;;/h2*6-14H,5H2,1-4H3;1-2H3;2*1H;/q2*-1;;;;+4/p-2. The Morgan fingerprint density at radius 3 is 1.15 bits per heavy atom. The maximum atomic E-state index is 4.93. The number of rotatable bonds is 4. The van der Waals surface area contributed by atoms with Crippen LogP contribution < -0.4 is 0 Å². The van der Waals surface area contributed by atoms with Gasteiger partial charge >= 0.3 is 37.9 Å². The van der Waals surface area contributed by atoms with Gasteiger partial charge in [0.2, 0.25) is 0 Å². The first kappa shape index (κ1) is 40.2. The molecule has 0 fully saturated rings. The van der Waals surface area contributed by atoms with Crippen LogP contribution in [0.4, 0.5) is 0 Å². The number of fused-ring (bicyclic) bond motifs is 2. The van der Waals surface area contributed by atoms with E-state index < -0.39 is 20.8 Å². The molecule has 0 aliphatic heterocycles. The third-order valence-electron chi connectivity index (χ3n) is 8.56. The summed E-state index contributed by atoms with van der Waals surface area (Å²) in [4.78, 5) is 0. The topological polar surface area (TPSA) is 0 Å². The van der Waals surface area contributed by atoms with Gasteiger partial charge in [-0.2, -0.15) is 12.1 Å². The van der Waals surface area contributed by atoms with Crippen molar-refractivity contribution in [2.24, 2.45) is 0 Å². The first-order chi connectivity index (χ1) is 22.8. The quantitative estimate of drug-likeness (QED) is 0.124. The van der Waals surface area contributed by atoms with Crippen LogP contribution in [-0.4, -0.2) is 9.52 Å². The Bertz CT molecular complexity index is 1690. The van der Waals surface area contributed by atoms with E-state index >= 15 is 0 Å². The monoisotopic (exact) mass is 768 g/mol. The van der Waals surface area contributed by atoms with Crippen LogP contribution in [0.25, 0.3) is 43.8 Å². The summed E-state index contributed by atoms with van der Waals surface area (Å²) >= 11 is -0.826. The molecule has 48 heavy (non-hydrogen) atoms. The summed E-state index contributed by atoms with van der Waals surface area (Å²) in [7, 11) is 11.0. The Labute approximate surface area is 312 Å². The minimum absolute atomic E-state index is 0.209. The van der Waals surface area contributed by atoms with Crippen molar-refractivity contribution in [1.29, 1.82) is 0 Å². The predicted octanol–water partition coefficient (Wildman–Crippen LogP) is 14.3. The average Bonchev–Trinajstić information content (AvgIpc) is 3.69. The summed E-state index contributed by atoms with van der Waals surface area (Å²) in [6.45, 7) is 22.3. The van der Waals surface area contributed by atoms with E-state index in [0.717, 1.165) is 22.4 Å². The molecule has 2 radical (unpaired) electrons. The fraction of sp³-hybridized carbons (Fsp3) is 0.318. The van der Waals surface area contributed by atoms with Gasteiger partial charge in [-0.1, -0.05) is 140 Å². The number of benzene rings is 4. The van der Waals surface area contributed by atoms with E-state index in [9.17, 15) is 0 Å². The maximum absolute atomic E-state index is 4.93. The summed E-state index contributed by atoms with van der Waals surface area (Å²) in [6, 6.07) is 40.6. The SMILES string of the molecule is CCc1cc2c(-c3ccc(C(C)(C)C)cc3)cccc2[cH-]1.CCc1cc2c(-c3ccc(C(C)(C)C)cc3)cccc2[cH-]1.C[Si]C.[Cl][Zr+2][Cl]. The molecule has 0 amide bonds. The molecule has 4 heteroatoms. The molecule has 0 saturated heterocycles. The van der Waals surface area contributed by atoms with Crippen LogP contribution in [0.15, 0.2) is 109 Å². The van der Waals surface area contributed by atoms with Crippen LogP contribution >= 0.6 is 17.0 Å². The van der Waals surface area contributed by atoms with Crippen molar-refractivity contribution in [1.82, 2.24) is 0 Å². The molecule has 0 N–H and O–H groups in total.